The standard InChI is InChI=1S/C20H17NO5.C8H8O5/c1-12-17(11-18(26-12)20(23)24)19(22)21-15-7-3-13(4-8-15)14-5-9-16(25-2)10-6-14;1-4-5(7(9)10)3-6(13-4)8(11)12-2/h3-11H,1-2H3,(H,21,22)(H,23,24);3H,1-2H3,(H,9,10). The Bertz CT molecular complexity index is 1490. The molecular formula is C28H25NO10. The molecule has 11 nitrogen and oxygen atoms in total. The van der Waals surface area contributed by atoms with Gasteiger partial charge in [-0.25, -0.2) is 14.4 Å². The highest BCUT2D eigenvalue weighted by atomic mass is 16.5. The third kappa shape index (κ3) is 6.92. The number of amides is 1. The molecule has 1 amide bonds. The van der Waals surface area contributed by atoms with Gasteiger partial charge < -0.3 is 33.8 Å². The van der Waals surface area contributed by atoms with Crippen LogP contribution in [0.25, 0.3) is 11.1 Å². The maximum absolute atomic E-state index is 12.3. The first-order valence-electron chi connectivity index (χ1n) is 11.4. The lowest BCUT2D eigenvalue weighted by molar-refractivity contribution is 0.0562. The smallest absolute Gasteiger partial charge is 0.373 e. The van der Waals surface area contributed by atoms with Crippen molar-refractivity contribution < 1.29 is 47.7 Å². The average molecular weight is 536 g/mol. The normalized spacial score (nSPS) is 10.2. The Morgan fingerprint density at radius 3 is 1.69 bits per heavy atom. The molecule has 0 aliphatic rings. The average Bonchev–Trinajstić information content (AvgIpc) is 3.52. The van der Waals surface area contributed by atoms with E-state index in [0.29, 0.717) is 5.69 Å². The number of benzene rings is 2. The number of carboxylic acid groups (broad SMARTS) is 2. The lowest BCUT2D eigenvalue weighted by Crippen LogP contribution is -2.12. The van der Waals surface area contributed by atoms with Crippen LogP contribution in [0.5, 0.6) is 5.75 Å². The first-order valence-corrected chi connectivity index (χ1v) is 11.4. The van der Waals surface area contributed by atoms with E-state index in [9.17, 15) is 19.2 Å². The lowest BCUT2D eigenvalue weighted by Gasteiger charge is -2.07. The number of nitrogens with one attached hydrogen (secondary N) is 1. The van der Waals surface area contributed by atoms with E-state index < -0.39 is 23.8 Å². The molecule has 0 atom stereocenters. The number of aromatic carboxylic acids is 2. The van der Waals surface area contributed by atoms with Crippen LogP contribution in [0.4, 0.5) is 5.69 Å². The zero-order valence-electron chi connectivity index (χ0n) is 21.4. The molecule has 39 heavy (non-hydrogen) atoms. The molecule has 0 saturated heterocycles. The van der Waals surface area contributed by atoms with Crippen molar-refractivity contribution in [2.24, 2.45) is 0 Å². The van der Waals surface area contributed by atoms with E-state index in [1.54, 1.807) is 26.2 Å². The van der Waals surface area contributed by atoms with Gasteiger partial charge in [0.2, 0.25) is 11.5 Å². The Labute approximate surface area is 222 Å². The number of rotatable bonds is 7. The fourth-order valence-electron chi connectivity index (χ4n) is 3.44. The minimum atomic E-state index is -1.21. The molecule has 0 radical (unpaired) electrons. The van der Waals surface area contributed by atoms with E-state index >= 15 is 0 Å². The summed E-state index contributed by atoms with van der Waals surface area (Å²) in [4.78, 5) is 44.7. The number of carbonyl (C=O) groups excluding carboxylic acids is 2. The molecule has 0 spiro atoms. The van der Waals surface area contributed by atoms with Gasteiger partial charge in [0.1, 0.15) is 22.8 Å². The van der Waals surface area contributed by atoms with Gasteiger partial charge >= 0.3 is 17.9 Å². The summed E-state index contributed by atoms with van der Waals surface area (Å²) in [6.45, 7) is 3.02. The van der Waals surface area contributed by atoms with Crippen LogP contribution >= 0.6 is 0 Å². The van der Waals surface area contributed by atoms with Crippen LogP contribution in [-0.4, -0.2) is 48.2 Å². The fourth-order valence-corrected chi connectivity index (χ4v) is 3.44. The summed E-state index contributed by atoms with van der Waals surface area (Å²) in [5.74, 6) is -2.57. The molecule has 0 aliphatic carbocycles. The van der Waals surface area contributed by atoms with Crippen LogP contribution in [0.15, 0.2) is 69.5 Å². The third-order valence-electron chi connectivity index (χ3n) is 5.47. The first-order chi connectivity index (χ1) is 18.5. The summed E-state index contributed by atoms with van der Waals surface area (Å²) >= 11 is 0. The summed E-state index contributed by atoms with van der Waals surface area (Å²) < 4.78 is 19.4. The molecule has 0 bridgehead atoms. The Kier molecular flexibility index (Phi) is 8.90. The van der Waals surface area contributed by atoms with Crippen molar-refractivity contribution in [3.63, 3.8) is 0 Å². The molecule has 2 aromatic heterocycles. The van der Waals surface area contributed by atoms with Gasteiger partial charge in [0.05, 0.1) is 19.8 Å². The summed E-state index contributed by atoms with van der Waals surface area (Å²) in [6.07, 6.45) is 0. The molecular weight excluding hydrogens is 510 g/mol. The van der Waals surface area contributed by atoms with Crippen molar-refractivity contribution >= 4 is 29.5 Å². The molecule has 0 fully saturated rings. The summed E-state index contributed by atoms with van der Waals surface area (Å²) in [5, 5.41) is 20.3. The van der Waals surface area contributed by atoms with Gasteiger partial charge in [-0.2, -0.15) is 0 Å². The molecule has 2 heterocycles. The van der Waals surface area contributed by atoms with Crippen molar-refractivity contribution in [3.8, 4) is 16.9 Å². The number of esters is 1. The number of hydrogen-bond donors (Lipinski definition) is 3. The van der Waals surface area contributed by atoms with E-state index in [1.165, 1.54) is 20.1 Å². The zero-order valence-corrected chi connectivity index (χ0v) is 21.4. The SMILES string of the molecule is COC(=O)c1cc(C(=O)O)c(C)o1.COc1ccc(-c2ccc(NC(=O)c3cc(C(=O)O)oc3C)cc2)cc1. The molecule has 4 aromatic rings. The topological polar surface area (TPSA) is 166 Å². The lowest BCUT2D eigenvalue weighted by atomic mass is 10.1. The van der Waals surface area contributed by atoms with Gasteiger partial charge in [-0.1, -0.05) is 24.3 Å². The highest BCUT2D eigenvalue weighted by Crippen LogP contribution is 2.24. The van der Waals surface area contributed by atoms with Crippen molar-refractivity contribution in [1.29, 1.82) is 0 Å². The number of carbonyl (C=O) groups is 4. The number of aryl methyl sites for hydroxylation is 2. The van der Waals surface area contributed by atoms with Crippen LogP contribution in [0.3, 0.4) is 0 Å². The first kappa shape index (κ1) is 28.3. The van der Waals surface area contributed by atoms with Gasteiger partial charge in [0.15, 0.2) is 0 Å². The van der Waals surface area contributed by atoms with Gasteiger partial charge in [-0.3, -0.25) is 4.79 Å². The van der Waals surface area contributed by atoms with E-state index in [0.717, 1.165) is 22.9 Å². The molecule has 0 unspecified atom stereocenters. The largest absolute Gasteiger partial charge is 0.497 e. The molecule has 202 valence electrons. The Morgan fingerprint density at radius 1 is 0.718 bits per heavy atom. The number of carboxylic acids is 2. The van der Waals surface area contributed by atoms with Gasteiger partial charge in [-0.15, -0.1) is 0 Å². The quantitative estimate of drug-likeness (QED) is 0.265. The predicted molar refractivity (Wildman–Crippen MR) is 139 cm³/mol. The van der Waals surface area contributed by atoms with Crippen molar-refractivity contribution in [1.82, 2.24) is 0 Å². The molecule has 2 aromatic carbocycles. The molecule has 11 heteroatoms. The monoisotopic (exact) mass is 535 g/mol. The highest BCUT2D eigenvalue weighted by Gasteiger charge is 2.19. The second-order valence-corrected chi connectivity index (χ2v) is 8.02. The zero-order chi connectivity index (χ0) is 28.7. The Hall–Kier alpha value is -5.32. The van der Waals surface area contributed by atoms with E-state index in [-0.39, 0.29) is 34.2 Å². The maximum Gasteiger partial charge on any atom is 0.373 e. The van der Waals surface area contributed by atoms with E-state index in [2.05, 4.69) is 10.1 Å². The van der Waals surface area contributed by atoms with Crippen molar-refractivity contribution in [2.45, 2.75) is 13.8 Å². The summed E-state index contributed by atoms with van der Waals surface area (Å²) in [7, 11) is 2.81. The molecule has 3 N–H and O–H groups in total. The van der Waals surface area contributed by atoms with Gasteiger partial charge in [-0.05, 0) is 49.2 Å². The number of methoxy groups -OCH3 is 2. The van der Waals surface area contributed by atoms with Gasteiger partial charge in [0.25, 0.3) is 5.91 Å². The molecule has 4 rings (SSSR count). The van der Waals surface area contributed by atoms with Gasteiger partial charge in [0, 0.05) is 17.8 Å². The van der Waals surface area contributed by atoms with Crippen molar-refractivity contribution in [2.75, 3.05) is 19.5 Å². The van der Waals surface area contributed by atoms with Crippen LogP contribution in [0.2, 0.25) is 0 Å². The third-order valence-corrected chi connectivity index (χ3v) is 5.47. The highest BCUT2D eigenvalue weighted by molar-refractivity contribution is 6.06. The Morgan fingerprint density at radius 2 is 1.23 bits per heavy atom. The van der Waals surface area contributed by atoms with Crippen LogP contribution < -0.4 is 10.1 Å². The van der Waals surface area contributed by atoms with E-state index in [1.807, 2.05) is 36.4 Å². The van der Waals surface area contributed by atoms with Crippen LogP contribution in [0, 0.1) is 13.8 Å². The molecule has 0 aliphatic heterocycles. The number of anilines is 1. The number of hydrogen-bond acceptors (Lipinski definition) is 8. The summed E-state index contributed by atoms with van der Waals surface area (Å²) in [6, 6.07) is 17.4. The summed E-state index contributed by atoms with van der Waals surface area (Å²) in [5.41, 5.74) is 2.80. The minimum Gasteiger partial charge on any atom is -0.497 e. The molecule has 0 saturated carbocycles. The fraction of sp³-hybridized carbons (Fsp3) is 0.143. The maximum atomic E-state index is 12.3. The second-order valence-electron chi connectivity index (χ2n) is 8.02. The second kappa shape index (κ2) is 12.3. The Balaban J connectivity index is 0.000000272. The predicted octanol–water partition coefficient (Wildman–Crippen LogP) is 5.29. The van der Waals surface area contributed by atoms with Crippen LogP contribution in [-0.2, 0) is 4.74 Å². The van der Waals surface area contributed by atoms with Crippen LogP contribution in [0.1, 0.15) is 53.3 Å². The van der Waals surface area contributed by atoms with Crippen molar-refractivity contribution in [3.05, 3.63) is 94.8 Å². The van der Waals surface area contributed by atoms with E-state index in [4.69, 9.17) is 23.8 Å². The minimum absolute atomic E-state index is 0.0274. The number of furan rings is 2. The number of ether oxygens (including phenoxy) is 2.